The van der Waals surface area contributed by atoms with Gasteiger partial charge in [0.15, 0.2) is 15.8 Å². The van der Waals surface area contributed by atoms with Crippen LogP contribution in [0.25, 0.3) is 0 Å². The summed E-state index contributed by atoms with van der Waals surface area (Å²) in [7, 11) is 0.362. The van der Waals surface area contributed by atoms with Crippen LogP contribution in [0.3, 0.4) is 0 Å². The minimum Gasteiger partial charge on any atom is -0.370 e. The predicted molar refractivity (Wildman–Crippen MR) is 108 cm³/mol. The molecule has 2 aromatic rings. The predicted octanol–water partition coefficient (Wildman–Crippen LogP) is 1.23. The summed E-state index contributed by atoms with van der Waals surface area (Å²) in [4.78, 5) is 6.84. The second-order valence-electron chi connectivity index (χ2n) is 6.71. The van der Waals surface area contributed by atoms with Gasteiger partial charge in [0, 0.05) is 38.9 Å². The van der Waals surface area contributed by atoms with Crippen molar-refractivity contribution < 1.29 is 13.2 Å². The number of aromatic nitrogens is 2. The average Bonchev–Trinajstić information content (AvgIpc) is 3.15. The largest absolute Gasteiger partial charge is 0.370 e. The van der Waals surface area contributed by atoms with Crippen LogP contribution >= 0.6 is 0 Å². The highest BCUT2D eigenvalue weighted by atomic mass is 32.2. The van der Waals surface area contributed by atoms with E-state index in [-0.39, 0.29) is 11.9 Å². The fraction of sp³-hybridized carbons (Fsp3) is 0.474. The zero-order valence-corrected chi connectivity index (χ0v) is 17.1. The van der Waals surface area contributed by atoms with Crippen molar-refractivity contribution in [1.29, 1.82) is 0 Å². The van der Waals surface area contributed by atoms with Crippen molar-refractivity contribution in [1.82, 2.24) is 20.0 Å². The summed E-state index contributed by atoms with van der Waals surface area (Å²) in [6.07, 6.45) is 4.23. The maximum absolute atomic E-state index is 12.4. The fourth-order valence-electron chi connectivity index (χ4n) is 3.19. The van der Waals surface area contributed by atoms with Crippen molar-refractivity contribution in [3.8, 4) is 0 Å². The quantitative estimate of drug-likeness (QED) is 0.442. The molecule has 1 N–H and O–H groups in total. The van der Waals surface area contributed by atoms with Crippen LogP contribution < -0.4 is 5.32 Å². The molecular formula is C19H27N5O3S. The summed E-state index contributed by atoms with van der Waals surface area (Å²) in [6, 6.07) is 8.56. The van der Waals surface area contributed by atoms with Crippen LogP contribution in [0.4, 0.5) is 0 Å². The normalized spacial score (nSPS) is 18.3. The number of hydrogen-bond donors (Lipinski definition) is 1. The number of sulfone groups is 1. The van der Waals surface area contributed by atoms with Gasteiger partial charge in [-0.1, -0.05) is 18.2 Å². The number of guanidine groups is 1. The van der Waals surface area contributed by atoms with Gasteiger partial charge in [-0.2, -0.15) is 5.10 Å². The molecule has 1 aliphatic rings. The van der Waals surface area contributed by atoms with Gasteiger partial charge < -0.3 is 15.0 Å². The first kappa shape index (κ1) is 20.3. The molecule has 1 aromatic carbocycles. The second-order valence-corrected chi connectivity index (χ2v) is 8.82. The standard InChI is InChI=1S/C19H27N5O3S/c1-20-19(21-9-6-12-28(25,26)17-7-4-3-5-8-17)24-10-11-27-18(15-24)16-13-22-23(2)14-16/h3-5,7-8,13-14,18H,6,9-12,15H2,1-2H3,(H,20,21). The smallest absolute Gasteiger partial charge is 0.193 e. The lowest BCUT2D eigenvalue weighted by Gasteiger charge is -2.34. The fourth-order valence-corrected chi connectivity index (χ4v) is 4.52. The Hall–Kier alpha value is -2.39. The van der Waals surface area contributed by atoms with E-state index < -0.39 is 9.84 Å². The summed E-state index contributed by atoms with van der Waals surface area (Å²) >= 11 is 0. The molecule has 28 heavy (non-hydrogen) atoms. The summed E-state index contributed by atoms with van der Waals surface area (Å²) < 4.78 is 32.3. The van der Waals surface area contributed by atoms with Crippen LogP contribution in [0.1, 0.15) is 18.1 Å². The first-order valence-electron chi connectivity index (χ1n) is 9.33. The number of benzene rings is 1. The van der Waals surface area contributed by atoms with E-state index in [4.69, 9.17) is 4.74 Å². The third-order valence-corrected chi connectivity index (χ3v) is 6.47. The Morgan fingerprint density at radius 3 is 2.82 bits per heavy atom. The Balaban J connectivity index is 1.50. The zero-order valence-electron chi connectivity index (χ0n) is 16.3. The third-order valence-electron chi connectivity index (χ3n) is 4.65. The number of nitrogens with one attached hydrogen (secondary N) is 1. The molecule has 2 heterocycles. The van der Waals surface area contributed by atoms with Crippen LogP contribution in [0, 0.1) is 0 Å². The average molecular weight is 406 g/mol. The van der Waals surface area contributed by atoms with E-state index in [1.807, 2.05) is 25.5 Å². The number of morpholine rings is 1. The van der Waals surface area contributed by atoms with E-state index in [0.717, 1.165) is 18.1 Å². The highest BCUT2D eigenvalue weighted by Crippen LogP contribution is 2.21. The number of hydrogen-bond acceptors (Lipinski definition) is 5. The van der Waals surface area contributed by atoms with Crippen LogP contribution in [-0.4, -0.2) is 68.1 Å². The Labute approximate surface area is 166 Å². The van der Waals surface area contributed by atoms with Gasteiger partial charge in [0.1, 0.15) is 6.10 Å². The Morgan fingerprint density at radius 1 is 1.36 bits per heavy atom. The molecule has 1 fully saturated rings. The van der Waals surface area contributed by atoms with Crippen molar-refractivity contribution >= 4 is 15.8 Å². The molecule has 0 spiro atoms. The Kier molecular flexibility index (Phi) is 6.69. The molecule has 3 rings (SSSR count). The van der Waals surface area contributed by atoms with E-state index >= 15 is 0 Å². The minimum atomic E-state index is -3.26. The minimum absolute atomic E-state index is 0.0561. The molecule has 0 radical (unpaired) electrons. The first-order valence-corrected chi connectivity index (χ1v) is 11.0. The van der Waals surface area contributed by atoms with Crippen molar-refractivity contribution in [3.05, 3.63) is 48.3 Å². The molecule has 0 bridgehead atoms. The van der Waals surface area contributed by atoms with Gasteiger partial charge in [0.25, 0.3) is 0 Å². The number of nitrogens with zero attached hydrogens (tertiary/aromatic N) is 4. The third kappa shape index (κ3) is 5.11. The summed E-state index contributed by atoms with van der Waals surface area (Å²) in [5.41, 5.74) is 1.04. The van der Waals surface area contributed by atoms with Gasteiger partial charge in [-0.25, -0.2) is 8.42 Å². The van der Waals surface area contributed by atoms with Crippen molar-refractivity contribution in [3.63, 3.8) is 0 Å². The second kappa shape index (κ2) is 9.20. The molecule has 1 atom stereocenters. The summed E-state index contributed by atoms with van der Waals surface area (Å²) in [5.74, 6) is 0.858. The molecule has 1 saturated heterocycles. The number of aliphatic imine (C=N–C) groups is 1. The van der Waals surface area contributed by atoms with Crippen LogP contribution in [-0.2, 0) is 21.6 Å². The van der Waals surface area contributed by atoms with Gasteiger partial charge in [0.2, 0.25) is 0 Å². The molecule has 1 aromatic heterocycles. The zero-order chi connectivity index (χ0) is 20.0. The number of aryl methyl sites for hydroxylation is 1. The molecule has 1 aliphatic heterocycles. The van der Waals surface area contributed by atoms with Crippen molar-refractivity contribution in [2.75, 3.05) is 39.0 Å². The van der Waals surface area contributed by atoms with Crippen LogP contribution in [0.5, 0.6) is 0 Å². The van der Waals surface area contributed by atoms with Gasteiger partial charge in [-0.05, 0) is 18.6 Å². The van der Waals surface area contributed by atoms with Gasteiger partial charge in [-0.3, -0.25) is 9.67 Å². The molecule has 0 amide bonds. The highest BCUT2D eigenvalue weighted by Gasteiger charge is 2.25. The topological polar surface area (TPSA) is 88.8 Å². The molecule has 1 unspecified atom stereocenters. The summed E-state index contributed by atoms with van der Waals surface area (Å²) in [5, 5.41) is 7.48. The van der Waals surface area contributed by atoms with E-state index in [0.29, 0.717) is 31.0 Å². The molecule has 0 aliphatic carbocycles. The lowest BCUT2D eigenvalue weighted by molar-refractivity contribution is -0.00801. The summed E-state index contributed by atoms with van der Waals surface area (Å²) in [6.45, 7) is 2.54. The molecule has 152 valence electrons. The van der Waals surface area contributed by atoms with E-state index in [1.165, 1.54) is 0 Å². The lowest BCUT2D eigenvalue weighted by atomic mass is 10.1. The van der Waals surface area contributed by atoms with Gasteiger partial charge in [0.05, 0.1) is 30.0 Å². The highest BCUT2D eigenvalue weighted by molar-refractivity contribution is 7.91. The monoisotopic (exact) mass is 405 g/mol. The van der Waals surface area contributed by atoms with Crippen molar-refractivity contribution in [2.24, 2.45) is 12.0 Å². The van der Waals surface area contributed by atoms with E-state index in [1.54, 1.807) is 36.0 Å². The number of rotatable bonds is 6. The van der Waals surface area contributed by atoms with Crippen molar-refractivity contribution in [2.45, 2.75) is 17.4 Å². The number of ether oxygens (including phenoxy) is 1. The lowest BCUT2D eigenvalue weighted by Crippen LogP contribution is -2.48. The Morgan fingerprint density at radius 2 is 2.14 bits per heavy atom. The molecule has 9 heteroatoms. The van der Waals surface area contributed by atoms with Crippen LogP contribution in [0.2, 0.25) is 0 Å². The van der Waals surface area contributed by atoms with Gasteiger partial charge in [-0.15, -0.1) is 0 Å². The molecular weight excluding hydrogens is 378 g/mol. The van der Waals surface area contributed by atoms with Gasteiger partial charge >= 0.3 is 0 Å². The van der Waals surface area contributed by atoms with E-state index in [9.17, 15) is 8.42 Å². The van der Waals surface area contributed by atoms with Crippen LogP contribution in [0.15, 0.2) is 52.6 Å². The molecule has 0 saturated carbocycles. The van der Waals surface area contributed by atoms with E-state index in [2.05, 4.69) is 20.3 Å². The maximum atomic E-state index is 12.4. The maximum Gasteiger partial charge on any atom is 0.193 e. The SMILES string of the molecule is CN=C(NCCCS(=O)(=O)c1ccccc1)N1CCOC(c2cnn(C)c2)C1. The Bertz CT molecular complexity index is 895. The first-order chi connectivity index (χ1) is 13.5. The molecule has 8 nitrogen and oxygen atoms in total.